The van der Waals surface area contributed by atoms with Crippen LogP contribution in [0, 0.1) is 11.7 Å². The molecular formula is C19H25FN2O2. The molecule has 1 aromatic rings. The lowest BCUT2D eigenvalue weighted by Gasteiger charge is -2.43. The van der Waals surface area contributed by atoms with E-state index in [1.807, 2.05) is 0 Å². The van der Waals surface area contributed by atoms with Crippen LogP contribution in [0.5, 0.6) is 0 Å². The van der Waals surface area contributed by atoms with E-state index in [1.165, 1.54) is 18.9 Å². The minimum absolute atomic E-state index is 0.0788. The Labute approximate surface area is 142 Å². The molecule has 1 saturated carbocycles. The molecule has 1 aromatic carbocycles. The van der Waals surface area contributed by atoms with Gasteiger partial charge >= 0.3 is 0 Å². The third-order valence-corrected chi connectivity index (χ3v) is 5.90. The molecule has 3 fully saturated rings. The van der Waals surface area contributed by atoms with Crippen LogP contribution in [0.4, 0.5) is 4.39 Å². The number of rotatable bonds is 5. The summed E-state index contributed by atoms with van der Waals surface area (Å²) >= 11 is 0. The Bertz CT molecular complexity index is 618. The van der Waals surface area contributed by atoms with Gasteiger partial charge in [0.2, 0.25) is 5.91 Å². The second-order valence-corrected chi connectivity index (χ2v) is 7.72. The van der Waals surface area contributed by atoms with Crippen molar-refractivity contribution in [2.24, 2.45) is 5.92 Å². The number of nitrogens with zero attached hydrogens (tertiary/aromatic N) is 1. The summed E-state index contributed by atoms with van der Waals surface area (Å²) in [7, 11) is 0. The second-order valence-electron chi connectivity index (χ2n) is 7.72. The summed E-state index contributed by atoms with van der Waals surface area (Å²) in [5, 5.41) is 14.1. The molecule has 0 spiro atoms. The molecule has 2 bridgehead atoms. The van der Waals surface area contributed by atoms with E-state index in [1.54, 1.807) is 18.2 Å². The van der Waals surface area contributed by atoms with Gasteiger partial charge in [-0.2, -0.15) is 0 Å². The Morgan fingerprint density at radius 2 is 1.88 bits per heavy atom. The van der Waals surface area contributed by atoms with Crippen molar-refractivity contribution in [3.05, 3.63) is 35.6 Å². The van der Waals surface area contributed by atoms with Gasteiger partial charge in [0.1, 0.15) is 5.82 Å². The zero-order valence-corrected chi connectivity index (χ0v) is 13.9. The fourth-order valence-electron chi connectivity index (χ4n) is 4.43. The van der Waals surface area contributed by atoms with E-state index in [9.17, 15) is 14.3 Å². The number of fused-ring (bicyclic) bond motifs is 2. The van der Waals surface area contributed by atoms with Gasteiger partial charge in [0.25, 0.3) is 0 Å². The Balaban J connectivity index is 1.43. The molecule has 4 nitrogen and oxygen atoms in total. The first-order valence-electron chi connectivity index (χ1n) is 9.05. The van der Waals surface area contributed by atoms with Gasteiger partial charge in [-0.1, -0.05) is 18.2 Å². The quantitative estimate of drug-likeness (QED) is 0.869. The van der Waals surface area contributed by atoms with E-state index >= 15 is 0 Å². The first-order valence-corrected chi connectivity index (χ1v) is 9.05. The Morgan fingerprint density at radius 1 is 1.21 bits per heavy atom. The number of benzene rings is 1. The molecule has 2 heterocycles. The van der Waals surface area contributed by atoms with E-state index in [2.05, 4.69) is 10.2 Å². The van der Waals surface area contributed by atoms with E-state index in [0.717, 1.165) is 19.4 Å². The smallest absolute Gasteiger partial charge is 0.234 e. The number of hydrogen-bond donors (Lipinski definition) is 2. The van der Waals surface area contributed by atoms with Crippen molar-refractivity contribution in [3.8, 4) is 0 Å². The van der Waals surface area contributed by atoms with Crippen molar-refractivity contribution in [2.45, 2.75) is 56.2 Å². The highest BCUT2D eigenvalue weighted by molar-refractivity contribution is 5.78. The molecule has 24 heavy (non-hydrogen) atoms. The Kier molecular flexibility index (Phi) is 4.09. The second kappa shape index (κ2) is 6.12. The van der Waals surface area contributed by atoms with E-state index in [4.69, 9.17) is 0 Å². The minimum Gasteiger partial charge on any atom is -0.385 e. The van der Waals surface area contributed by atoms with Gasteiger partial charge in [-0.25, -0.2) is 4.39 Å². The van der Waals surface area contributed by atoms with E-state index in [0.29, 0.717) is 30.9 Å². The Morgan fingerprint density at radius 3 is 2.50 bits per heavy atom. The van der Waals surface area contributed by atoms with Gasteiger partial charge in [0.05, 0.1) is 12.1 Å². The molecular weight excluding hydrogens is 307 g/mol. The molecule has 0 radical (unpaired) electrons. The zero-order valence-electron chi connectivity index (χ0n) is 13.9. The molecule has 1 amide bonds. The summed E-state index contributed by atoms with van der Waals surface area (Å²) in [6, 6.07) is 6.83. The van der Waals surface area contributed by atoms with Gasteiger partial charge in [-0.15, -0.1) is 0 Å². The molecule has 0 aromatic heterocycles. The van der Waals surface area contributed by atoms with Crippen LogP contribution in [0.25, 0.3) is 0 Å². The summed E-state index contributed by atoms with van der Waals surface area (Å²) in [6.45, 7) is 1.19. The standard InChI is InChI=1S/C19H25FN2O2/c20-17-4-2-1-3-16(17)19(24)9-14-7-8-15(10-19)22(14)12-18(23)21-11-13-5-6-13/h1-4,13-15,24H,5-12H2,(H,21,23)/t14-,15+,19?. The highest BCUT2D eigenvalue weighted by atomic mass is 19.1. The molecule has 5 heteroatoms. The average Bonchev–Trinajstić information content (AvgIpc) is 3.34. The van der Waals surface area contributed by atoms with Crippen molar-refractivity contribution >= 4 is 5.91 Å². The number of halogens is 1. The van der Waals surface area contributed by atoms with Crippen molar-refractivity contribution in [1.82, 2.24) is 10.2 Å². The van der Waals surface area contributed by atoms with Crippen LogP contribution in [-0.4, -0.2) is 41.1 Å². The van der Waals surface area contributed by atoms with Gasteiger partial charge in [-0.05, 0) is 50.5 Å². The first-order chi connectivity index (χ1) is 11.5. The fraction of sp³-hybridized carbons (Fsp3) is 0.632. The maximum absolute atomic E-state index is 14.1. The number of amides is 1. The highest BCUT2D eigenvalue weighted by Gasteiger charge is 2.49. The molecule has 130 valence electrons. The maximum Gasteiger partial charge on any atom is 0.234 e. The number of aliphatic hydroxyl groups is 1. The number of carbonyl (C=O) groups is 1. The normalized spacial score (nSPS) is 32.8. The zero-order chi connectivity index (χ0) is 16.7. The van der Waals surface area contributed by atoms with Crippen LogP contribution in [0.1, 0.15) is 44.1 Å². The molecule has 1 aliphatic carbocycles. The van der Waals surface area contributed by atoms with Gasteiger partial charge in [0, 0.05) is 24.2 Å². The third-order valence-electron chi connectivity index (χ3n) is 5.90. The highest BCUT2D eigenvalue weighted by Crippen LogP contribution is 2.46. The first kappa shape index (κ1) is 16.0. The number of piperidine rings is 1. The molecule has 1 unspecified atom stereocenters. The summed E-state index contributed by atoms with van der Waals surface area (Å²) in [5.41, 5.74) is -0.710. The average molecular weight is 332 g/mol. The SMILES string of the molecule is O=C(CN1[C@@H]2CC[C@H]1CC(O)(c1ccccc1F)C2)NCC1CC1. The lowest BCUT2D eigenvalue weighted by molar-refractivity contribution is -0.126. The van der Waals surface area contributed by atoms with Crippen molar-refractivity contribution in [1.29, 1.82) is 0 Å². The number of hydrogen-bond acceptors (Lipinski definition) is 3. The maximum atomic E-state index is 14.1. The topological polar surface area (TPSA) is 52.6 Å². The van der Waals surface area contributed by atoms with Crippen molar-refractivity contribution in [3.63, 3.8) is 0 Å². The van der Waals surface area contributed by atoms with Crippen molar-refractivity contribution < 1.29 is 14.3 Å². The number of nitrogens with one attached hydrogen (secondary N) is 1. The number of carbonyl (C=O) groups excluding carboxylic acids is 1. The van der Waals surface area contributed by atoms with E-state index in [-0.39, 0.29) is 23.8 Å². The summed E-state index contributed by atoms with van der Waals surface area (Å²) in [5.74, 6) is 0.420. The van der Waals surface area contributed by atoms with Crippen LogP contribution in [-0.2, 0) is 10.4 Å². The lowest BCUT2D eigenvalue weighted by atomic mass is 9.80. The van der Waals surface area contributed by atoms with Crippen LogP contribution in [0.3, 0.4) is 0 Å². The predicted molar refractivity (Wildman–Crippen MR) is 88.8 cm³/mol. The molecule has 3 aliphatic rings. The van der Waals surface area contributed by atoms with Gasteiger partial charge < -0.3 is 10.4 Å². The van der Waals surface area contributed by atoms with Crippen LogP contribution in [0.2, 0.25) is 0 Å². The van der Waals surface area contributed by atoms with Crippen molar-refractivity contribution in [2.75, 3.05) is 13.1 Å². The van der Waals surface area contributed by atoms with E-state index < -0.39 is 5.60 Å². The van der Waals surface area contributed by atoms with Crippen LogP contribution >= 0.6 is 0 Å². The lowest BCUT2D eigenvalue weighted by Crippen LogP contribution is -2.52. The molecule has 3 atom stereocenters. The molecule has 2 saturated heterocycles. The monoisotopic (exact) mass is 332 g/mol. The molecule has 2 N–H and O–H groups in total. The Hall–Kier alpha value is -1.46. The summed E-state index contributed by atoms with van der Waals surface area (Å²) < 4.78 is 14.1. The van der Waals surface area contributed by atoms with Crippen LogP contribution < -0.4 is 5.32 Å². The van der Waals surface area contributed by atoms with Gasteiger partial charge in [-0.3, -0.25) is 9.69 Å². The third kappa shape index (κ3) is 3.07. The molecule has 4 rings (SSSR count). The predicted octanol–water partition coefficient (Wildman–Crippen LogP) is 2.17. The fourth-order valence-corrected chi connectivity index (χ4v) is 4.43. The summed E-state index contributed by atoms with van der Waals surface area (Å²) in [6.07, 6.45) is 5.39. The molecule has 2 aliphatic heterocycles. The minimum atomic E-state index is -1.11. The van der Waals surface area contributed by atoms with Gasteiger partial charge in [0.15, 0.2) is 0 Å². The van der Waals surface area contributed by atoms with Crippen LogP contribution in [0.15, 0.2) is 24.3 Å². The summed E-state index contributed by atoms with van der Waals surface area (Å²) in [4.78, 5) is 14.4. The largest absolute Gasteiger partial charge is 0.385 e.